The molecule has 0 unspecified atom stereocenters. The van der Waals surface area contributed by atoms with Crippen LogP contribution in [0.3, 0.4) is 0 Å². The molecule has 0 atom stereocenters. The summed E-state index contributed by atoms with van der Waals surface area (Å²) in [4.78, 5) is 12.5. The SMILES string of the molecule is Cc1ccc2c(CC(=O)Nc3cccc(-c4cn[nH]c4)c3)coc2c1C. The molecule has 4 rings (SSSR count). The summed E-state index contributed by atoms with van der Waals surface area (Å²) in [6, 6.07) is 11.8. The summed E-state index contributed by atoms with van der Waals surface area (Å²) in [5, 5.41) is 10.7. The number of H-pyrrole nitrogens is 1. The molecule has 4 aromatic rings. The van der Waals surface area contributed by atoms with E-state index in [0.717, 1.165) is 38.9 Å². The van der Waals surface area contributed by atoms with Crippen molar-refractivity contribution >= 4 is 22.6 Å². The van der Waals surface area contributed by atoms with Crippen molar-refractivity contribution < 1.29 is 9.21 Å². The number of hydrogen-bond donors (Lipinski definition) is 2. The van der Waals surface area contributed by atoms with E-state index < -0.39 is 0 Å². The van der Waals surface area contributed by atoms with Crippen molar-refractivity contribution in [2.45, 2.75) is 20.3 Å². The Hall–Kier alpha value is -3.34. The smallest absolute Gasteiger partial charge is 0.228 e. The highest BCUT2D eigenvalue weighted by atomic mass is 16.3. The van der Waals surface area contributed by atoms with Crippen molar-refractivity contribution in [1.29, 1.82) is 0 Å². The third-order valence-corrected chi connectivity index (χ3v) is 4.67. The first-order valence-corrected chi connectivity index (χ1v) is 8.47. The van der Waals surface area contributed by atoms with Crippen molar-refractivity contribution in [2.75, 3.05) is 5.32 Å². The number of fused-ring (bicyclic) bond motifs is 1. The van der Waals surface area contributed by atoms with Crippen molar-refractivity contribution in [2.24, 2.45) is 0 Å². The molecule has 26 heavy (non-hydrogen) atoms. The van der Waals surface area contributed by atoms with Crippen LogP contribution in [0.15, 0.2) is 59.5 Å². The van der Waals surface area contributed by atoms with Crippen molar-refractivity contribution in [3.05, 3.63) is 71.7 Å². The van der Waals surface area contributed by atoms with Crippen LogP contribution >= 0.6 is 0 Å². The Kier molecular flexibility index (Phi) is 4.05. The minimum atomic E-state index is -0.0738. The molecule has 130 valence electrons. The molecule has 0 spiro atoms. The number of nitrogens with one attached hydrogen (secondary N) is 2. The molecule has 0 aliphatic carbocycles. The Morgan fingerprint density at radius 1 is 1.19 bits per heavy atom. The highest BCUT2D eigenvalue weighted by molar-refractivity contribution is 5.96. The Morgan fingerprint density at radius 3 is 2.88 bits per heavy atom. The second-order valence-electron chi connectivity index (χ2n) is 6.44. The fourth-order valence-electron chi connectivity index (χ4n) is 3.09. The third kappa shape index (κ3) is 2.99. The first kappa shape index (κ1) is 16.1. The molecule has 2 aromatic carbocycles. The number of hydrogen-bond acceptors (Lipinski definition) is 3. The van der Waals surface area contributed by atoms with E-state index in [0.29, 0.717) is 0 Å². The topological polar surface area (TPSA) is 70.9 Å². The maximum Gasteiger partial charge on any atom is 0.228 e. The summed E-state index contributed by atoms with van der Waals surface area (Å²) in [6.45, 7) is 4.09. The number of furan rings is 1. The van der Waals surface area contributed by atoms with Gasteiger partial charge in [-0.2, -0.15) is 5.10 Å². The fraction of sp³-hybridized carbons (Fsp3) is 0.143. The fourth-order valence-corrected chi connectivity index (χ4v) is 3.09. The van der Waals surface area contributed by atoms with Crippen molar-refractivity contribution in [3.8, 4) is 11.1 Å². The first-order chi connectivity index (χ1) is 12.6. The Bertz CT molecular complexity index is 1080. The Labute approximate surface area is 151 Å². The minimum absolute atomic E-state index is 0.0738. The lowest BCUT2D eigenvalue weighted by molar-refractivity contribution is -0.115. The van der Waals surface area contributed by atoms with Gasteiger partial charge in [0.15, 0.2) is 0 Å². The lowest BCUT2D eigenvalue weighted by atomic mass is 10.0. The molecule has 2 heterocycles. The van der Waals surface area contributed by atoms with Gasteiger partial charge in [-0.3, -0.25) is 9.89 Å². The number of carbonyl (C=O) groups is 1. The molecule has 5 heteroatoms. The third-order valence-electron chi connectivity index (χ3n) is 4.67. The quantitative estimate of drug-likeness (QED) is 0.567. The second-order valence-corrected chi connectivity index (χ2v) is 6.44. The van der Waals surface area contributed by atoms with E-state index in [1.807, 2.05) is 43.5 Å². The van der Waals surface area contributed by atoms with Crippen LogP contribution in [0.25, 0.3) is 22.1 Å². The number of amides is 1. The normalized spacial score (nSPS) is 11.0. The Morgan fingerprint density at radius 2 is 2.08 bits per heavy atom. The van der Waals surface area contributed by atoms with Gasteiger partial charge in [-0.1, -0.05) is 24.3 Å². The van der Waals surface area contributed by atoms with Crippen LogP contribution in [0.2, 0.25) is 0 Å². The maximum absolute atomic E-state index is 12.5. The van der Waals surface area contributed by atoms with Crippen LogP contribution in [0.5, 0.6) is 0 Å². The van der Waals surface area contributed by atoms with Crippen LogP contribution in [0, 0.1) is 13.8 Å². The van der Waals surface area contributed by atoms with E-state index in [-0.39, 0.29) is 12.3 Å². The maximum atomic E-state index is 12.5. The molecule has 0 fully saturated rings. The Balaban J connectivity index is 1.53. The average Bonchev–Trinajstić information content (AvgIpc) is 3.29. The van der Waals surface area contributed by atoms with E-state index in [9.17, 15) is 4.79 Å². The largest absolute Gasteiger partial charge is 0.464 e. The van der Waals surface area contributed by atoms with Gasteiger partial charge in [-0.05, 0) is 42.7 Å². The van der Waals surface area contributed by atoms with Gasteiger partial charge in [-0.25, -0.2) is 0 Å². The summed E-state index contributed by atoms with van der Waals surface area (Å²) in [5.74, 6) is -0.0738. The lowest BCUT2D eigenvalue weighted by Crippen LogP contribution is -2.14. The van der Waals surface area contributed by atoms with Gasteiger partial charge in [0.25, 0.3) is 0 Å². The van der Waals surface area contributed by atoms with E-state index in [1.165, 1.54) is 5.56 Å². The summed E-state index contributed by atoms with van der Waals surface area (Å²) in [5.41, 5.74) is 6.78. The monoisotopic (exact) mass is 345 g/mol. The van der Waals surface area contributed by atoms with Crippen LogP contribution < -0.4 is 5.32 Å². The van der Waals surface area contributed by atoms with Crippen LogP contribution in [0.4, 0.5) is 5.69 Å². The summed E-state index contributed by atoms with van der Waals surface area (Å²) < 4.78 is 5.69. The van der Waals surface area contributed by atoms with E-state index in [4.69, 9.17) is 4.42 Å². The van der Waals surface area contributed by atoms with Crippen LogP contribution in [-0.4, -0.2) is 16.1 Å². The molecule has 0 aliphatic heterocycles. The number of aromatic amines is 1. The molecule has 0 bridgehead atoms. The number of aryl methyl sites for hydroxylation is 2. The summed E-state index contributed by atoms with van der Waals surface area (Å²) >= 11 is 0. The number of benzene rings is 2. The molecule has 5 nitrogen and oxygen atoms in total. The highest BCUT2D eigenvalue weighted by Gasteiger charge is 2.13. The highest BCUT2D eigenvalue weighted by Crippen LogP contribution is 2.27. The predicted molar refractivity (Wildman–Crippen MR) is 102 cm³/mol. The predicted octanol–water partition coefficient (Wildman–Crippen LogP) is 4.62. The molecule has 0 radical (unpaired) electrons. The van der Waals surface area contributed by atoms with Gasteiger partial charge in [0, 0.05) is 28.4 Å². The van der Waals surface area contributed by atoms with E-state index in [1.54, 1.807) is 12.5 Å². The zero-order valence-corrected chi connectivity index (χ0v) is 14.7. The van der Waals surface area contributed by atoms with Gasteiger partial charge < -0.3 is 9.73 Å². The molecule has 0 saturated heterocycles. The number of anilines is 1. The molecule has 0 saturated carbocycles. The standard InChI is InChI=1S/C21H19N3O2/c1-13-6-7-19-16(12-26-21(19)14(13)2)9-20(25)24-18-5-3-4-15(8-18)17-10-22-23-11-17/h3-8,10-12H,9H2,1-2H3,(H,22,23)(H,24,25). The number of rotatable bonds is 4. The molecule has 0 aliphatic rings. The second kappa shape index (κ2) is 6.52. The molecular formula is C21H19N3O2. The van der Waals surface area contributed by atoms with Gasteiger partial charge in [0.05, 0.1) is 18.9 Å². The van der Waals surface area contributed by atoms with Crippen molar-refractivity contribution in [3.63, 3.8) is 0 Å². The van der Waals surface area contributed by atoms with Gasteiger partial charge in [-0.15, -0.1) is 0 Å². The van der Waals surface area contributed by atoms with E-state index in [2.05, 4.69) is 28.5 Å². The van der Waals surface area contributed by atoms with Crippen molar-refractivity contribution in [1.82, 2.24) is 10.2 Å². The molecule has 2 aromatic heterocycles. The van der Waals surface area contributed by atoms with Crippen LogP contribution in [0.1, 0.15) is 16.7 Å². The molecule has 1 amide bonds. The summed E-state index contributed by atoms with van der Waals surface area (Å²) in [6.07, 6.45) is 5.52. The van der Waals surface area contributed by atoms with E-state index >= 15 is 0 Å². The zero-order chi connectivity index (χ0) is 18.1. The zero-order valence-electron chi connectivity index (χ0n) is 14.7. The average molecular weight is 345 g/mol. The number of nitrogens with zero attached hydrogens (tertiary/aromatic N) is 1. The minimum Gasteiger partial charge on any atom is -0.464 e. The molecule has 2 N–H and O–H groups in total. The van der Waals surface area contributed by atoms with Gasteiger partial charge in [0.2, 0.25) is 5.91 Å². The van der Waals surface area contributed by atoms with Crippen LogP contribution in [-0.2, 0) is 11.2 Å². The first-order valence-electron chi connectivity index (χ1n) is 8.47. The lowest BCUT2D eigenvalue weighted by Gasteiger charge is -2.06. The number of carbonyl (C=O) groups excluding carboxylic acids is 1. The molecular weight excluding hydrogens is 326 g/mol. The van der Waals surface area contributed by atoms with Gasteiger partial charge >= 0.3 is 0 Å². The number of aromatic nitrogens is 2. The van der Waals surface area contributed by atoms with Gasteiger partial charge in [0.1, 0.15) is 5.58 Å². The summed E-state index contributed by atoms with van der Waals surface area (Å²) in [7, 11) is 0.